The van der Waals surface area contributed by atoms with Crippen molar-refractivity contribution >= 4 is 16.3 Å². The second-order valence-corrected chi connectivity index (χ2v) is 6.05. The van der Waals surface area contributed by atoms with Crippen LogP contribution in [0.3, 0.4) is 0 Å². The quantitative estimate of drug-likeness (QED) is 0.656. The van der Waals surface area contributed by atoms with Gasteiger partial charge in [-0.2, -0.15) is 13.1 Å². The van der Waals surface area contributed by atoms with Crippen LogP contribution < -0.4 is 14.8 Å². The molecule has 1 aliphatic heterocycles. The molecule has 112 valence electrons. The Hall–Kier alpha value is -0.860. The zero-order valence-corrected chi connectivity index (χ0v) is 12.3. The number of hydrogen-bond acceptors (Lipinski definition) is 5. The highest BCUT2D eigenvalue weighted by Gasteiger charge is 2.25. The van der Waals surface area contributed by atoms with Gasteiger partial charge in [-0.25, -0.2) is 9.52 Å². The van der Waals surface area contributed by atoms with Crippen LogP contribution in [-0.4, -0.2) is 40.2 Å². The third-order valence-electron chi connectivity index (χ3n) is 3.24. The Morgan fingerprint density at radius 1 is 1.42 bits per heavy atom. The van der Waals surface area contributed by atoms with Gasteiger partial charge < -0.3 is 10.1 Å². The van der Waals surface area contributed by atoms with Crippen LogP contribution in [-0.2, 0) is 14.9 Å². The summed E-state index contributed by atoms with van der Waals surface area (Å²) in [5, 5.41) is 3.30. The van der Waals surface area contributed by atoms with E-state index in [0.717, 1.165) is 25.8 Å². The third kappa shape index (κ3) is 5.75. The van der Waals surface area contributed by atoms with Crippen LogP contribution in [0, 0.1) is 5.92 Å². The maximum Gasteiger partial charge on any atom is 0.421 e. The van der Waals surface area contributed by atoms with Gasteiger partial charge in [-0.05, 0) is 32.2 Å². The Morgan fingerprint density at radius 2 is 2.16 bits per heavy atom. The average molecular weight is 293 g/mol. The summed E-state index contributed by atoms with van der Waals surface area (Å²) < 4.78 is 31.9. The fraction of sp³-hybridized carbons (Fsp3) is 0.909. The normalized spacial score (nSPS) is 23.9. The summed E-state index contributed by atoms with van der Waals surface area (Å²) in [5.41, 5.74) is 0. The molecule has 0 radical (unpaired) electrons. The van der Waals surface area contributed by atoms with Crippen molar-refractivity contribution < 1.29 is 17.9 Å². The molecule has 1 saturated heterocycles. The van der Waals surface area contributed by atoms with Crippen molar-refractivity contribution in [3.05, 3.63) is 0 Å². The molecule has 8 heteroatoms. The molecule has 1 amide bonds. The SMILES string of the molecule is CCOC(=O)NS(=O)(=O)NCC1NCCCC1CC. The van der Waals surface area contributed by atoms with Gasteiger partial charge in [-0.3, -0.25) is 0 Å². The molecule has 19 heavy (non-hydrogen) atoms. The Balaban J connectivity index is 2.43. The van der Waals surface area contributed by atoms with E-state index in [4.69, 9.17) is 0 Å². The smallest absolute Gasteiger partial charge is 0.421 e. The highest BCUT2D eigenvalue weighted by molar-refractivity contribution is 7.88. The maximum atomic E-state index is 11.6. The first-order valence-electron chi connectivity index (χ1n) is 6.66. The molecule has 0 aromatic carbocycles. The van der Waals surface area contributed by atoms with Crippen LogP contribution in [0.1, 0.15) is 33.1 Å². The molecule has 2 atom stereocenters. The van der Waals surface area contributed by atoms with E-state index in [1.165, 1.54) is 0 Å². The van der Waals surface area contributed by atoms with Gasteiger partial charge >= 0.3 is 16.3 Å². The topological polar surface area (TPSA) is 96.5 Å². The van der Waals surface area contributed by atoms with Crippen molar-refractivity contribution in [2.75, 3.05) is 19.7 Å². The predicted molar refractivity (Wildman–Crippen MR) is 71.9 cm³/mol. The monoisotopic (exact) mass is 293 g/mol. The third-order valence-corrected chi connectivity index (χ3v) is 4.22. The highest BCUT2D eigenvalue weighted by atomic mass is 32.2. The molecule has 0 aromatic rings. The number of piperidine rings is 1. The highest BCUT2D eigenvalue weighted by Crippen LogP contribution is 2.19. The summed E-state index contributed by atoms with van der Waals surface area (Å²) >= 11 is 0. The molecule has 7 nitrogen and oxygen atoms in total. The number of hydrogen-bond donors (Lipinski definition) is 3. The molecular formula is C11H23N3O4S. The summed E-state index contributed by atoms with van der Waals surface area (Å²) in [5.74, 6) is 0.457. The van der Waals surface area contributed by atoms with E-state index < -0.39 is 16.3 Å². The summed E-state index contributed by atoms with van der Waals surface area (Å²) in [6.07, 6.45) is 2.26. The first-order valence-corrected chi connectivity index (χ1v) is 8.14. The van der Waals surface area contributed by atoms with Gasteiger partial charge in [-0.1, -0.05) is 13.3 Å². The van der Waals surface area contributed by atoms with Crippen LogP contribution in [0.4, 0.5) is 4.79 Å². The fourth-order valence-corrected chi connectivity index (χ4v) is 3.00. The van der Waals surface area contributed by atoms with E-state index >= 15 is 0 Å². The minimum atomic E-state index is -3.85. The average Bonchev–Trinajstić information content (AvgIpc) is 2.36. The second-order valence-electron chi connectivity index (χ2n) is 4.55. The van der Waals surface area contributed by atoms with Crippen LogP contribution in [0.25, 0.3) is 0 Å². The van der Waals surface area contributed by atoms with Gasteiger partial charge in [0.1, 0.15) is 0 Å². The Kier molecular flexibility index (Phi) is 6.53. The lowest BCUT2D eigenvalue weighted by molar-refractivity contribution is 0.158. The van der Waals surface area contributed by atoms with Crippen molar-refractivity contribution in [1.82, 2.24) is 14.8 Å². The Labute approximate surface area is 114 Å². The van der Waals surface area contributed by atoms with Gasteiger partial charge in [0, 0.05) is 12.6 Å². The minimum absolute atomic E-state index is 0.109. The molecular weight excluding hydrogens is 270 g/mol. The molecule has 1 aliphatic rings. The van der Waals surface area contributed by atoms with E-state index in [2.05, 4.69) is 21.7 Å². The van der Waals surface area contributed by atoms with Crippen molar-refractivity contribution in [1.29, 1.82) is 0 Å². The molecule has 0 spiro atoms. The Morgan fingerprint density at radius 3 is 2.79 bits per heavy atom. The standard InChI is InChI=1S/C11H23N3O4S/c1-3-9-6-5-7-12-10(9)8-13-19(16,17)14-11(15)18-4-2/h9-10,12-13H,3-8H2,1-2H3,(H,14,15). The molecule has 0 saturated carbocycles. The van der Waals surface area contributed by atoms with Crippen molar-refractivity contribution in [2.24, 2.45) is 5.92 Å². The number of amides is 1. The van der Waals surface area contributed by atoms with Crippen LogP contribution in [0.2, 0.25) is 0 Å². The summed E-state index contributed by atoms with van der Waals surface area (Å²) in [6.45, 7) is 5.00. The number of carbonyl (C=O) groups excluding carboxylic acids is 1. The Bertz CT molecular complexity index is 385. The lowest BCUT2D eigenvalue weighted by Crippen LogP contribution is -2.51. The molecule has 2 unspecified atom stereocenters. The number of ether oxygens (including phenoxy) is 1. The lowest BCUT2D eigenvalue weighted by atomic mass is 9.89. The van der Waals surface area contributed by atoms with Gasteiger partial charge in [0.15, 0.2) is 0 Å². The zero-order valence-electron chi connectivity index (χ0n) is 11.4. The molecule has 0 aliphatic carbocycles. The van der Waals surface area contributed by atoms with E-state index in [9.17, 15) is 13.2 Å². The van der Waals surface area contributed by atoms with Crippen LogP contribution in [0.15, 0.2) is 0 Å². The van der Waals surface area contributed by atoms with Crippen molar-refractivity contribution in [3.63, 3.8) is 0 Å². The van der Waals surface area contributed by atoms with E-state index in [0.29, 0.717) is 5.92 Å². The van der Waals surface area contributed by atoms with Gasteiger partial charge in [0.05, 0.1) is 6.61 Å². The maximum absolute atomic E-state index is 11.6. The molecule has 1 fully saturated rings. The van der Waals surface area contributed by atoms with Crippen molar-refractivity contribution in [3.8, 4) is 0 Å². The first-order chi connectivity index (χ1) is 8.98. The van der Waals surface area contributed by atoms with Crippen LogP contribution >= 0.6 is 0 Å². The van der Waals surface area contributed by atoms with Crippen molar-refractivity contribution in [2.45, 2.75) is 39.2 Å². The first kappa shape index (κ1) is 16.2. The van der Waals surface area contributed by atoms with Gasteiger partial charge in [0.25, 0.3) is 0 Å². The van der Waals surface area contributed by atoms with E-state index in [-0.39, 0.29) is 19.2 Å². The number of rotatable bonds is 6. The largest absolute Gasteiger partial charge is 0.449 e. The molecule has 0 aromatic heterocycles. The van der Waals surface area contributed by atoms with E-state index in [1.807, 2.05) is 0 Å². The summed E-state index contributed by atoms with van der Waals surface area (Å²) in [7, 11) is -3.85. The molecule has 1 heterocycles. The lowest BCUT2D eigenvalue weighted by Gasteiger charge is -2.32. The van der Waals surface area contributed by atoms with Gasteiger partial charge in [-0.15, -0.1) is 0 Å². The second kappa shape index (κ2) is 7.66. The molecule has 1 rings (SSSR count). The number of nitrogens with one attached hydrogen (secondary N) is 3. The number of carbonyl (C=O) groups is 1. The summed E-state index contributed by atoms with van der Waals surface area (Å²) in [4.78, 5) is 11.1. The minimum Gasteiger partial charge on any atom is -0.449 e. The fourth-order valence-electron chi connectivity index (χ4n) is 2.25. The molecule has 3 N–H and O–H groups in total. The summed E-state index contributed by atoms with van der Waals surface area (Å²) in [6, 6.07) is 0.109. The molecule has 0 bridgehead atoms. The zero-order chi connectivity index (χ0) is 14.3. The van der Waals surface area contributed by atoms with Crippen LogP contribution in [0.5, 0.6) is 0 Å². The van der Waals surface area contributed by atoms with E-state index in [1.54, 1.807) is 11.6 Å². The van der Waals surface area contributed by atoms with Gasteiger partial charge in [0.2, 0.25) is 0 Å². The predicted octanol–water partition coefficient (Wildman–Crippen LogP) is 0.345.